The van der Waals surface area contributed by atoms with Gasteiger partial charge in [-0.2, -0.15) is 18.3 Å². The van der Waals surface area contributed by atoms with Gasteiger partial charge in [-0.1, -0.05) is 18.6 Å². The van der Waals surface area contributed by atoms with Gasteiger partial charge >= 0.3 is 6.18 Å². The van der Waals surface area contributed by atoms with Gasteiger partial charge in [-0.05, 0) is 49.9 Å². The van der Waals surface area contributed by atoms with E-state index in [1.54, 1.807) is 21.9 Å². The van der Waals surface area contributed by atoms with Crippen LogP contribution in [0.4, 0.5) is 13.2 Å². The maximum atomic E-state index is 13.2. The number of carbonyl (C=O) groups excluding carboxylic acids is 2. The molecular weight excluding hydrogens is 409 g/mol. The van der Waals surface area contributed by atoms with Crippen molar-refractivity contribution in [3.8, 4) is 0 Å². The summed E-state index contributed by atoms with van der Waals surface area (Å²) >= 11 is 0. The second-order valence-corrected chi connectivity index (χ2v) is 8.52. The summed E-state index contributed by atoms with van der Waals surface area (Å²) in [6.45, 7) is 2.52. The van der Waals surface area contributed by atoms with Crippen LogP contribution < -0.4 is 0 Å². The van der Waals surface area contributed by atoms with Crippen molar-refractivity contribution in [3.05, 3.63) is 53.3 Å². The summed E-state index contributed by atoms with van der Waals surface area (Å²) in [4.78, 5) is 29.6. The van der Waals surface area contributed by atoms with E-state index >= 15 is 0 Å². The maximum Gasteiger partial charge on any atom is 0.416 e. The lowest BCUT2D eigenvalue weighted by molar-refractivity contribution is -0.140. The molecule has 0 unspecified atom stereocenters. The van der Waals surface area contributed by atoms with E-state index in [9.17, 15) is 22.8 Å². The van der Waals surface area contributed by atoms with E-state index < -0.39 is 17.3 Å². The van der Waals surface area contributed by atoms with Crippen molar-refractivity contribution in [2.45, 2.75) is 63.3 Å². The van der Waals surface area contributed by atoms with Gasteiger partial charge in [0.25, 0.3) is 5.91 Å². The molecule has 2 saturated heterocycles. The number of carbonyl (C=O) groups is 2. The molecule has 31 heavy (non-hydrogen) atoms. The van der Waals surface area contributed by atoms with Crippen molar-refractivity contribution in [1.82, 2.24) is 20.0 Å². The fourth-order valence-corrected chi connectivity index (χ4v) is 4.89. The van der Waals surface area contributed by atoms with Crippen LogP contribution in [-0.2, 0) is 17.5 Å². The number of halogens is 3. The standard InChI is InChI=1S/C22H25F3N4O2/c1-21-10-12-28(20(31)17-9-11-26-27-17)18(21)7-2-3-8-19(30)29(21)14-15-5-4-6-16(13-15)22(23,24)25/h4-6,9,11,13,18H,2-3,7-8,10,12,14H2,1H3,(H,26,27)/t18-,21-/m0/s1. The molecule has 1 N–H and O–H groups in total. The Morgan fingerprint density at radius 3 is 2.81 bits per heavy atom. The van der Waals surface area contributed by atoms with E-state index in [0.717, 1.165) is 25.0 Å². The minimum Gasteiger partial charge on any atom is -0.332 e. The van der Waals surface area contributed by atoms with Crippen LogP contribution in [0, 0.1) is 0 Å². The number of H-pyrrole nitrogens is 1. The number of likely N-dealkylation sites (tertiary alicyclic amines) is 2. The second-order valence-electron chi connectivity index (χ2n) is 8.52. The zero-order chi connectivity index (χ0) is 22.2. The summed E-state index contributed by atoms with van der Waals surface area (Å²) in [6, 6.07) is 6.53. The van der Waals surface area contributed by atoms with Gasteiger partial charge in [0.15, 0.2) is 0 Å². The zero-order valence-corrected chi connectivity index (χ0v) is 17.3. The molecule has 166 valence electrons. The first-order valence-corrected chi connectivity index (χ1v) is 10.5. The number of amides is 2. The molecule has 2 aliphatic rings. The maximum absolute atomic E-state index is 13.2. The first kappa shape index (κ1) is 21.4. The molecule has 0 bridgehead atoms. The largest absolute Gasteiger partial charge is 0.416 e. The van der Waals surface area contributed by atoms with E-state index in [0.29, 0.717) is 37.1 Å². The zero-order valence-electron chi connectivity index (χ0n) is 17.3. The summed E-state index contributed by atoms with van der Waals surface area (Å²) in [6.07, 6.45) is 0.251. The van der Waals surface area contributed by atoms with Crippen molar-refractivity contribution in [1.29, 1.82) is 0 Å². The Balaban J connectivity index is 1.65. The predicted octanol–water partition coefficient (Wildman–Crippen LogP) is 4.00. The third-order valence-corrected chi connectivity index (χ3v) is 6.58. The van der Waals surface area contributed by atoms with Crippen molar-refractivity contribution >= 4 is 11.8 Å². The van der Waals surface area contributed by atoms with E-state index in [2.05, 4.69) is 10.2 Å². The molecule has 9 heteroatoms. The van der Waals surface area contributed by atoms with Gasteiger partial charge in [0.1, 0.15) is 5.69 Å². The minimum atomic E-state index is -4.44. The number of nitrogens with one attached hydrogen (secondary N) is 1. The number of hydrogen-bond donors (Lipinski definition) is 1. The molecule has 6 nitrogen and oxygen atoms in total. The van der Waals surface area contributed by atoms with Gasteiger partial charge in [0.2, 0.25) is 5.91 Å². The highest BCUT2D eigenvalue weighted by Gasteiger charge is 2.51. The van der Waals surface area contributed by atoms with E-state index in [1.165, 1.54) is 12.3 Å². The van der Waals surface area contributed by atoms with Crippen LogP contribution >= 0.6 is 0 Å². The summed E-state index contributed by atoms with van der Waals surface area (Å²) in [5.41, 5.74) is -0.556. The number of rotatable bonds is 3. The highest BCUT2D eigenvalue weighted by molar-refractivity contribution is 5.93. The predicted molar refractivity (Wildman–Crippen MR) is 107 cm³/mol. The first-order valence-electron chi connectivity index (χ1n) is 10.5. The Kier molecular flexibility index (Phi) is 5.53. The Hall–Kier alpha value is -2.84. The third kappa shape index (κ3) is 4.05. The molecule has 2 amide bonds. The van der Waals surface area contributed by atoms with Gasteiger partial charge < -0.3 is 9.80 Å². The lowest BCUT2D eigenvalue weighted by Gasteiger charge is -2.45. The molecule has 4 rings (SSSR count). The number of nitrogens with zero attached hydrogens (tertiary/aromatic N) is 3. The summed E-state index contributed by atoms with van der Waals surface area (Å²) in [5.74, 6) is -0.251. The van der Waals surface area contributed by atoms with Gasteiger partial charge in [-0.3, -0.25) is 14.7 Å². The van der Waals surface area contributed by atoms with Gasteiger partial charge in [-0.15, -0.1) is 0 Å². The molecule has 0 radical (unpaired) electrons. The van der Waals surface area contributed by atoms with E-state index in [1.807, 2.05) is 6.92 Å². The van der Waals surface area contributed by atoms with Crippen molar-refractivity contribution in [2.75, 3.05) is 6.54 Å². The highest BCUT2D eigenvalue weighted by Crippen LogP contribution is 2.40. The molecule has 1 aromatic heterocycles. The van der Waals surface area contributed by atoms with Gasteiger partial charge in [0.05, 0.1) is 17.1 Å². The monoisotopic (exact) mass is 434 g/mol. The van der Waals surface area contributed by atoms with Crippen LogP contribution in [0.1, 0.15) is 60.6 Å². The summed E-state index contributed by atoms with van der Waals surface area (Å²) in [5, 5.41) is 6.55. The topological polar surface area (TPSA) is 69.3 Å². The quantitative estimate of drug-likeness (QED) is 0.794. The van der Waals surface area contributed by atoms with Crippen molar-refractivity contribution in [3.63, 3.8) is 0 Å². The fourth-order valence-electron chi connectivity index (χ4n) is 4.89. The van der Waals surface area contributed by atoms with E-state index in [4.69, 9.17) is 0 Å². The second kappa shape index (κ2) is 8.01. The average Bonchev–Trinajstić information content (AvgIpc) is 3.36. The number of benzene rings is 1. The molecule has 2 fully saturated rings. The normalized spacial score (nSPS) is 24.6. The third-order valence-electron chi connectivity index (χ3n) is 6.58. The van der Waals surface area contributed by atoms with Crippen LogP contribution in [0.2, 0.25) is 0 Å². The van der Waals surface area contributed by atoms with Crippen LogP contribution in [0.5, 0.6) is 0 Å². The lowest BCUT2D eigenvalue weighted by Crippen LogP contribution is -2.58. The summed E-state index contributed by atoms with van der Waals surface area (Å²) in [7, 11) is 0. The Bertz CT molecular complexity index is 960. The van der Waals surface area contributed by atoms with Crippen LogP contribution in [0.15, 0.2) is 36.5 Å². The number of aromatic amines is 1. The van der Waals surface area contributed by atoms with Crippen LogP contribution in [0.3, 0.4) is 0 Å². The Labute approximate surface area is 178 Å². The SMILES string of the molecule is C[C@]12CCN(C(=O)c3ccn[nH]3)[C@H]1CCCCC(=O)N2Cc1cccc(C(F)(F)F)c1. The molecule has 0 saturated carbocycles. The molecular formula is C22H25F3N4O2. The first-order chi connectivity index (χ1) is 14.7. The Morgan fingerprint density at radius 2 is 2.10 bits per heavy atom. The molecule has 2 aromatic rings. The lowest BCUT2D eigenvalue weighted by atomic mass is 9.84. The molecule has 1 aromatic carbocycles. The molecule has 2 aliphatic heterocycles. The van der Waals surface area contributed by atoms with Crippen molar-refractivity contribution < 1.29 is 22.8 Å². The fraction of sp³-hybridized carbons (Fsp3) is 0.500. The van der Waals surface area contributed by atoms with Gasteiger partial charge in [0, 0.05) is 25.7 Å². The van der Waals surface area contributed by atoms with Gasteiger partial charge in [-0.25, -0.2) is 0 Å². The van der Waals surface area contributed by atoms with E-state index in [-0.39, 0.29) is 24.4 Å². The smallest absolute Gasteiger partial charge is 0.332 e. The molecule has 0 aliphatic carbocycles. The number of hydrogen-bond acceptors (Lipinski definition) is 3. The van der Waals surface area contributed by atoms with Crippen LogP contribution in [0.25, 0.3) is 0 Å². The minimum absolute atomic E-state index is 0.0829. The van der Waals surface area contributed by atoms with Crippen molar-refractivity contribution in [2.24, 2.45) is 0 Å². The number of aromatic nitrogens is 2. The molecule has 2 atom stereocenters. The highest BCUT2D eigenvalue weighted by atomic mass is 19.4. The summed E-state index contributed by atoms with van der Waals surface area (Å²) < 4.78 is 39.5. The molecule has 3 heterocycles. The number of fused-ring (bicyclic) bond motifs is 1. The average molecular weight is 434 g/mol. The Morgan fingerprint density at radius 1 is 1.29 bits per heavy atom. The molecule has 0 spiro atoms. The number of alkyl halides is 3. The van der Waals surface area contributed by atoms with Crippen LogP contribution in [-0.4, -0.2) is 49.9 Å².